The van der Waals surface area contributed by atoms with Crippen LogP contribution in [0.1, 0.15) is 0 Å². The number of methoxy groups -OCH3 is 1. The largest absolute Gasteiger partial charge is 0.497 e. The van der Waals surface area contributed by atoms with Gasteiger partial charge >= 0.3 is 0 Å². The minimum atomic E-state index is 0.606. The lowest BCUT2D eigenvalue weighted by Crippen LogP contribution is -1.91. The highest BCUT2D eigenvalue weighted by Crippen LogP contribution is 2.31. The summed E-state index contributed by atoms with van der Waals surface area (Å²) in [7, 11) is 1.61. The Labute approximate surface area is 102 Å². The van der Waals surface area contributed by atoms with Gasteiger partial charge in [0.15, 0.2) is 5.13 Å². The minimum Gasteiger partial charge on any atom is -0.497 e. The normalized spacial score (nSPS) is 10.1. The summed E-state index contributed by atoms with van der Waals surface area (Å²) in [6.45, 7) is 0. The summed E-state index contributed by atoms with van der Waals surface area (Å²) in [5, 5.41) is 5.04. The Morgan fingerprint density at radius 3 is 2.94 bits per heavy atom. The van der Waals surface area contributed by atoms with Crippen LogP contribution in [0.25, 0.3) is 0 Å². The van der Waals surface area contributed by atoms with Gasteiger partial charge in [-0.05, 0) is 12.1 Å². The van der Waals surface area contributed by atoms with Crippen molar-refractivity contribution < 1.29 is 4.74 Å². The Balaban J connectivity index is 2.26. The fourth-order valence-corrected chi connectivity index (χ4v) is 1.95. The lowest BCUT2D eigenvalue weighted by Gasteiger charge is -2.07. The van der Waals surface area contributed by atoms with Gasteiger partial charge in [0.25, 0.3) is 0 Å². The molecule has 84 valence electrons. The number of halogens is 1. The second-order valence-electron chi connectivity index (χ2n) is 3.04. The van der Waals surface area contributed by atoms with E-state index >= 15 is 0 Å². The Morgan fingerprint density at radius 2 is 2.31 bits per heavy atom. The first-order chi connectivity index (χ1) is 7.69. The van der Waals surface area contributed by atoms with Crippen LogP contribution in [0.2, 0.25) is 5.02 Å². The number of nitrogens with zero attached hydrogens (tertiary/aromatic N) is 1. The number of thiazole rings is 1. The predicted molar refractivity (Wildman–Crippen MR) is 67.8 cm³/mol. The summed E-state index contributed by atoms with van der Waals surface area (Å²) < 4.78 is 5.11. The average molecular weight is 256 g/mol. The highest BCUT2D eigenvalue weighted by molar-refractivity contribution is 7.19. The smallest absolute Gasteiger partial charge is 0.189 e. The molecule has 1 heterocycles. The van der Waals surface area contributed by atoms with E-state index in [1.807, 2.05) is 0 Å². The monoisotopic (exact) mass is 255 g/mol. The van der Waals surface area contributed by atoms with Crippen molar-refractivity contribution in [3.05, 3.63) is 29.4 Å². The zero-order chi connectivity index (χ0) is 11.5. The Bertz CT molecular complexity index is 501. The fraction of sp³-hybridized carbons (Fsp3) is 0.100. The van der Waals surface area contributed by atoms with E-state index < -0.39 is 0 Å². The first-order valence-corrected chi connectivity index (χ1v) is 5.70. The molecule has 1 aromatic carbocycles. The number of nitrogens with two attached hydrogens (primary N) is 1. The minimum absolute atomic E-state index is 0.606. The number of nitrogens with one attached hydrogen (secondary N) is 1. The lowest BCUT2D eigenvalue weighted by atomic mass is 10.3. The summed E-state index contributed by atoms with van der Waals surface area (Å²) in [6.07, 6.45) is 1.60. The molecular weight excluding hydrogens is 246 g/mol. The molecule has 0 unspecified atom stereocenters. The van der Waals surface area contributed by atoms with Crippen molar-refractivity contribution in [2.24, 2.45) is 0 Å². The van der Waals surface area contributed by atoms with Gasteiger partial charge in [0.1, 0.15) is 10.8 Å². The number of anilines is 3. The highest BCUT2D eigenvalue weighted by Gasteiger charge is 2.05. The van der Waals surface area contributed by atoms with E-state index in [1.165, 1.54) is 11.3 Å². The van der Waals surface area contributed by atoms with Gasteiger partial charge in [0.05, 0.1) is 24.0 Å². The molecule has 0 spiro atoms. The maximum Gasteiger partial charge on any atom is 0.189 e. The van der Waals surface area contributed by atoms with Crippen LogP contribution in [0, 0.1) is 0 Å². The van der Waals surface area contributed by atoms with Crippen LogP contribution in [-0.4, -0.2) is 12.1 Å². The number of benzene rings is 1. The second kappa shape index (κ2) is 4.59. The third kappa shape index (κ3) is 2.37. The summed E-state index contributed by atoms with van der Waals surface area (Å²) in [5.74, 6) is 0.733. The van der Waals surface area contributed by atoms with Crippen LogP contribution >= 0.6 is 22.9 Å². The van der Waals surface area contributed by atoms with Crippen molar-refractivity contribution in [1.29, 1.82) is 0 Å². The van der Waals surface area contributed by atoms with Crippen LogP contribution in [0.4, 0.5) is 15.8 Å². The van der Waals surface area contributed by atoms with Crippen LogP contribution in [-0.2, 0) is 0 Å². The number of aromatic nitrogens is 1. The molecule has 1 aromatic heterocycles. The SMILES string of the molecule is COc1ccc(Cl)c(Nc2ncc(N)s2)c1. The summed E-state index contributed by atoms with van der Waals surface area (Å²) >= 11 is 7.40. The molecule has 0 bridgehead atoms. The molecule has 4 nitrogen and oxygen atoms in total. The van der Waals surface area contributed by atoms with E-state index in [1.54, 1.807) is 31.5 Å². The quantitative estimate of drug-likeness (QED) is 0.885. The van der Waals surface area contributed by atoms with E-state index in [0.717, 1.165) is 11.4 Å². The molecule has 0 aliphatic heterocycles. The molecule has 3 N–H and O–H groups in total. The summed E-state index contributed by atoms with van der Waals surface area (Å²) in [6, 6.07) is 5.36. The number of hydrogen-bond donors (Lipinski definition) is 2. The van der Waals surface area contributed by atoms with Gasteiger partial charge in [0.2, 0.25) is 0 Å². The van der Waals surface area contributed by atoms with E-state index in [9.17, 15) is 0 Å². The van der Waals surface area contributed by atoms with Gasteiger partial charge in [-0.2, -0.15) is 0 Å². The average Bonchev–Trinajstić information content (AvgIpc) is 2.67. The maximum absolute atomic E-state index is 6.04. The van der Waals surface area contributed by atoms with Crippen molar-refractivity contribution in [2.45, 2.75) is 0 Å². The number of ether oxygens (including phenoxy) is 1. The molecule has 6 heteroatoms. The van der Waals surface area contributed by atoms with Crippen molar-refractivity contribution in [2.75, 3.05) is 18.2 Å². The molecule has 0 radical (unpaired) electrons. The number of rotatable bonds is 3. The van der Waals surface area contributed by atoms with Gasteiger partial charge in [-0.3, -0.25) is 0 Å². The Kier molecular flexibility index (Phi) is 3.17. The third-order valence-electron chi connectivity index (χ3n) is 1.94. The standard InChI is InChI=1S/C10H10ClN3OS/c1-15-6-2-3-7(11)8(4-6)14-10-13-5-9(12)16-10/h2-5H,12H2,1H3,(H,13,14). The van der Waals surface area contributed by atoms with Crippen molar-refractivity contribution in [3.8, 4) is 5.75 Å². The van der Waals surface area contributed by atoms with Gasteiger partial charge in [-0.15, -0.1) is 0 Å². The molecule has 0 saturated heterocycles. The number of hydrogen-bond acceptors (Lipinski definition) is 5. The molecule has 2 rings (SSSR count). The first-order valence-electron chi connectivity index (χ1n) is 4.51. The summed E-state index contributed by atoms with van der Waals surface area (Å²) in [5.41, 5.74) is 6.33. The fourth-order valence-electron chi connectivity index (χ4n) is 1.19. The molecule has 16 heavy (non-hydrogen) atoms. The molecule has 0 aliphatic carbocycles. The van der Waals surface area contributed by atoms with Gasteiger partial charge in [-0.25, -0.2) is 4.98 Å². The maximum atomic E-state index is 6.04. The number of nitrogen functional groups attached to an aromatic ring is 1. The lowest BCUT2D eigenvalue weighted by molar-refractivity contribution is 0.415. The van der Waals surface area contributed by atoms with Crippen molar-refractivity contribution >= 4 is 38.8 Å². The Hall–Kier alpha value is -1.46. The molecule has 0 fully saturated rings. The molecule has 2 aromatic rings. The topological polar surface area (TPSA) is 60.2 Å². The summed E-state index contributed by atoms with van der Waals surface area (Å²) in [4.78, 5) is 4.09. The zero-order valence-electron chi connectivity index (χ0n) is 8.53. The van der Waals surface area contributed by atoms with Gasteiger partial charge < -0.3 is 15.8 Å². The van der Waals surface area contributed by atoms with E-state index in [-0.39, 0.29) is 0 Å². The van der Waals surface area contributed by atoms with Crippen molar-refractivity contribution in [1.82, 2.24) is 4.98 Å². The molecular formula is C10H10ClN3OS. The van der Waals surface area contributed by atoms with Crippen molar-refractivity contribution in [3.63, 3.8) is 0 Å². The van der Waals surface area contributed by atoms with Crippen LogP contribution in [0.3, 0.4) is 0 Å². The van der Waals surface area contributed by atoms with Crippen LogP contribution in [0.5, 0.6) is 5.75 Å². The van der Waals surface area contributed by atoms with E-state index in [4.69, 9.17) is 22.1 Å². The predicted octanol–water partition coefficient (Wildman–Crippen LogP) is 3.13. The van der Waals surface area contributed by atoms with Gasteiger partial charge in [0, 0.05) is 6.07 Å². The van der Waals surface area contributed by atoms with E-state index in [0.29, 0.717) is 15.2 Å². The van der Waals surface area contributed by atoms with Crippen LogP contribution in [0.15, 0.2) is 24.4 Å². The molecule has 0 amide bonds. The van der Waals surface area contributed by atoms with E-state index in [2.05, 4.69) is 10.3 Å². The first kappa shape index (κ1) is 11.0. The molecule has 0 saturated carbocycles. The molecule has 0 atom stereocenters. The highest BCUT2D eigenvalue weighted by atomic mass is 35.5. The zero-order valence-corrected chi connectivity index (χ0v) is 10.1. The third-order valence-corrected chi connectivity index (χ3v) is 3.01. The molecule has 0 aliphatic rings. The second-order valence-corrected chi connectivity index (χ2v) is 4.51. The van der Waals surface area contributed by atoms with Crippen LogP contribution < -0.4 is 15.8 Å². The Morgan fingerprint density at radius 1 is 1.50 bits per heavy atom. The van der Waals surface area contributed by atoms with Gasteiger partial charge in [-0.1, -0.05) is 22.9 Å².